The first kappa shape index (κ1) is 29.7. The van der Waals surface area contributed by atoms with Gasteiger partial charge in [-0.05, 0) is 69.4 Å². The van der Waals surface area contributed by atoms with Crippen LogP contribution in [0.1, 0.15) is 65.0 Å². The summed E-state index contributed by atoms with van der Waals surface area (Å²) in [6.45, 7) is 3.60. The van der Waals surface area contributed by atoms with Crippen molar-refractivity contribution in [2.45, 2.75) is 52.6 Å². The lowest BCUT2D eigenvalue weighted by Gasteiger charge is -2.13. The number of hydrazone groups is 1. The van der Waals surface area contributed by atoms with Gasteiger partial charge in [0.2, 0.25) is 0 Å². The van der Waals surface area contributed by atoms with Crippen LogP contribution in [0.2, 0.25) is 0 Å². The highest BCUT2D eigenvalue weighted by Crippen LogP contribution is 2.38. The lowest BCUT2D eigenvalue weighted by atomic mass is 10.1. The van der Waals surface area contributed by atoms with E-state index in [0.29, 0.717) is 38.9 Å². The second-order valence-corrected chi connectivity index (χ2v) is 10.4. The third-order valence-corrected chi connectivity index (χ3v) is 7.79. The van der Waals surface area contributed by atoms with Crippen LogP contribution < -0.4 is 20.2 Å². The molecule has 216 valence electrons. The van der Waals surface area contributed by atoms with E-state index in [1.165, 1.54) is 24.5 Å². The Morgan fingerprint density at radius 1 is 1.02 bits per heavy atom. The van der Waals surface area contributed by atoms with Crippen molar-refractivity contribution in [2.75, 3.05) is 19.0 Å². The summed E-state index contributed by atoms with van der Waals surface area (Å²) in [6, 6.07) is 11.3. The zero-order valence-electron chi connectivity index (χ0n) is 23.2. The Morgan fingerprint density at radius 3 is 2.56 bits per heavy atom. The Bertz CT molecular complexity index is 1470. The van der Waals surface area contributed by atoms with Gasteiger partial charge in [-0.3, -0.25) is 9.59 Å². The molecule has 0 unspecified atom stereocenters. The number of fused-ring (bicyclic) bond motifs is 1. The molecule has 2 amide bonds. The van der Waals surface area contributed by atoms with Gasteiger partial charge in [0.15, 0.2) is 11.5 Å². The van der Waals surface area contributed by atoms with Gasteiger partial charge >= 0.3 is 17.8 Å². The molecule has 0 bridgehead atoms. The van der Waals surface area contributed by atoms with Crippen molar-refractivity contribution in [3.8, 4) is 11.5 Å². The number of nitrogens with one attached hydrogen (secondary N) is 2. The smallest absolute Gasteiger partial charge is 0.341 e. The standard InChI is InChI=1S/C30H32FN3O6S/c1-4-39-30(37)26-21-11-6-5-7-13-25(21)41-29(26)32-27(35)28(36)34-33-18(2)19-14-15-23(24(16-19)38-3)40-17-20-10-8-9-12-22(20)31/h8-10,12,14-16H,4-7,11,13,17H2,1-3H3,(H,32,35)(H,34,36)/b33-18+. The molecule has 4 rings (SSSR count). The quantitative estimate of drug-likeness (QED) is 0.115. The minimum absolute atomic E-state index is 0.0196. The number of halogens is 1. The normalized spacial score (nSPS) is 13.0. The van der Waals surface area contributed by atoms with Gasteiger partial charge in [0, 0.05) is 16.0 Å². The molecule has 1 heterocycles. The van der Waals surface area contributed by atoms with Gasteiger partial charge in [-0.1, -0.05) is 24.6 Å². The zero-order valence-corrected chi connectivity index (χ0v) is 24.0. The van der Waals surface area contributed by atoms with Crippen LogP contribution in [0.3, 0.4) is 0 Å². The van der Waals surface area contributed by atoms with E-state index in [9.17, 15) is 18.8 Å². The highest BCUT2D eigenvalue weighted by atomic mass is 32.1. The summed E-state index contributed by atoms with van der Waals surface area (Å²) in [6.07, 6.45) is 4.55. The SMILES string of the molecule is CCOC(=O)c1c(NC(=O)C(=O)N/N=C(\C)c2ccc(OCc3ccccc3F)c(OC)c2)sc2c1CCCCC2. The first-order valence-electron chi connectivity index (χ1n) is 13.3. The van der Waals surface area contributed by atoms with Crippen LogP contribution in [0.25, 0.3) is 0 Å². The molecule has 1 aromatic heterocycles. The Morgan fingerprint density at radius 2 is 1.80 bits per heavy atom. The average molecular weight is 582 g/mol. The van der Waals surface area contributed by atoms with Crippen LogP contribution in [0.4, 0.5) is 9.39 Å². The molecule has 11 heteroatoms. The Balaban J connectivity index is 1.43. The number of anilines is 1. The van der Waals surface area contributed by atoms with E-state index in [1.807, 2.05) is 0 Å². The van der Waals surface area contributed by atoms with Gasteiger partial charge in [0.1, 0.15) is 17.4 Å². The van der Waals surface area contributed by atoms with Crippen LogP contribution in [0, 0.1) is 5.82 Å². The first-order valence-corrected chi connectivity index (χ1v) is 14.2. The summed E-state index contributed by atoms with van der Waals surface area (Å²) in [5.41, 5.74) is 4.90. The number of esters is 1. The maximum atomic E-state index is 13.9. The van der Waals surface area contributed by atoms with Crippen LogP contribution in [0.5, 0.6) is 11.5 Å². The van der Waals surface area contributed by atoms with E-state index in [-0.39, 0.29) is 19.0 Å². The molecule has 0 atom stereocenters. The van der Waals surface area contributed by atoms with Crippen molar-refractivity contribution in [2.24, 2.45) is 5.10 Å². The lowest BCUT2D eigenvalue weighted by Crippen LogP contribution is -2.33. The third kappa shape index (κ3) is 7.29. The molecule has 41 heavy (non-hydrogen) atoms. The molecule has 0 fully saturated rings. The molecule has 0 spiro atoms. The number of methoxy groups -OCH3 is 1. The lowest BCUT2D eigenvalue weighted by molar-refractivity contribution is -0.136. The second kappa shape index (κ2) is 13.9. The van der Waals surface area contributed by atoms with Crippen molar-refractivity contribution in [3.63, 3.8) is 0 Å². The number of thiophene rings is 1. The minimum atomic E-state index is -0.987. The van der Waals surface area contributed by atoms with Crippen molar-refractivity contribution in [1.82, 2.24) is 5.43 Å². The highest BCUT2D eigenvalue weighted by Gasteiger charge is 2.28. The van der Waals surface area contributed by atoms with Gasteiger partial charge in [-0.25, -0.2) is 14.6 Å². The van der Waals surface area contributed by atoms with E-state index in [0.717, 1.165) is 42.5 Å². The van der Waals surface area contributed by atoms with Crippen LogP contribution in [-0.4, -0.2) is 37.2 Å². The average Bonchev–Trinajstić information content (AvgIpc) is 3.14. The molecular weight excluding hydrogens is 549 g/mol. The maximum absolute atomic E-state index is 13.9. The van der Waals surface area contributed by atoms with Crippen molar-refractivity contribution in [1.29, 1.82) is 0 Å². The van der Waals surface area contributed by atoms with Gasteiger partial charge in [-0.15, -0.1) is 11.3 Å². The molecule has 0 saturated carbocycles. The minimum Gasteiger partial charge on any atom is -0.493 e. The number of rotatable bonds is 9. The molecule has 1 aliphatic rings. The molecule has 0 radical (unpaired) electrons. The largest absolute Gasteiger partial charge is 0.493 e. The fourth-order valence-corrected chi connectivity index (χ4v) is 5.72. The van der Waals surface area contributed by atoms with Gasteiger partial charge < -0.3 is 19.5 Å². The number of amides is 2. The number of carbonyl (C=O) groups is 3. The van der Waals surface area contributed by atoms with Gasteiger partial charge in [0.05, 0.1) is 25.0 Å². The van der Waals surface area contributed by atoms with Gasteiger partial charge in [-0.2, -0.15) is 5.10 Å². The number of hydrogen-bond acceptors (Lipinski definition) is 8. The maximum Gasteiger partial charge on any atom is 0.341 e. The number of aryl methyl sites for hydroxylation is 1. The zero-order chi connectivity index (χ0) is 29.4. The van der Waals surface area contributed by atoms with Crippen LogP contribution in [0.15, 0.2) is 47.6 Å². The first-order chi connectivity index (χ1) is 19.8. The Labute approximate surface area is 241 Å². The van der Waals surface area contributed by atoms with E-state index < -0.39 is 17.8 Å². The third-order valence-electron chi connectivity index (χ3n) is 6.58. The second-order valence-electron chi connectivity index (χ2n) is 9.33. The fourth-order valence-electron chi connectivity index (χ4n) is 4.44. The molecule has 1 aliphatic carbocycles. The fraction of sp³-hybridized carbons (Fsp3) is 0.333. The summed E-state index contributed by atoms with van der Waals surface area (Å²) >= 11 is 1.31. The molecular formula is C30H32FN3O6S. The molecule has 0 aliphatic heterocycles. The molecule has 9 nitrogen and oxygen atoms in total. The topological polar surface area (TPSA) is 115 Å². The summed E-state index contributed by atoms with van der Waals surface area (Å²) in [5.74, 6) is -2.01. The monoisotopic (exact) mass is 581 g/mol. The van der Waals surface area contributed by atoms with E-state index >= 15 is 0 Å². The van der Waals surface area contributed by atoms with Crippen LogP contribution >= 0.6 is 11.3 Å². The molecule has 3 aromatic rings. The van der Waals surface area contributed by atoms with Gasteiger partial charge in [0.25, 0.3) is 0 Å². The molecule has 2 aromatic carbocycles. The van der Waals surface area contributed by atoms with Crippen LogP contribution in [-0.2, 0) is 33.8 Å². The number of hydrogen-bond donors (Lipinski definition) is 2. The number of ether oxygens (including phenoxy) is 3. The highest BCUT2D eigenvalue weighted by molar-refractivity contribution is 7.17. The van der Waals surface area contributed by atoms with E-state index in [1.54, 1.807) is 50.2 Å². The summed E-state index contributed by atoms with van der Waals surface area (Å²) < 4.78 is 30.3. The summed E-state index contributed by atoms with van der Waals surface area (Å²) in [7, 11) is 1.47. The van der Waals surface area contributed by atoms with Crippen molar-refractivity contribution >= 4 is 39.8 Å². The predicted molar refractivity (Wildman–Crippen MR) is 154 cm³/mol. The Kier molecular flexibility index (Phi) is 10.1. The predicted octanol–water partition coefficient (Wildman–Crippen LogP) is 5.40. The molecule has 0 saturated heterocycles. The number of nitrogens with zero attached hydrogens (tertiary/aromatic N) is 1. The van der Waals surface area contributed by atoms with Crippen molar-refractivity contribution < 1.29 is 33.0 Å². The number of carbonyl (C=O) groups excluding carboxylic acids is 3. The Hall–Kier alpha value is -4.25. The molecule has 2 N–H and O–H groups in total. The number of benzene rings is 2. The van der Waals surface area contributed by atoms with E-state index in [4.69, 9.17) is 14.2 Å². The summed E-state index contributed by atoms with van der Waals surface area (Å²) in [4.78, 5) is 39.1. The van der Waals surface area contributed by atoms with Crippen molar-refractivity contribution in [3.05, 3.63) is 75.4 Å². The van der Waals surface area contributed by atoms with E-state index in [2.05, 4.69) is 15.8 Å². The summed E-state index contributed by atoms with van der Waals surface area (Å²) in [5, 5.41) is 6.95.